The van der Waals surface area contributed by atoms with Crippen LogP contribution in [-0.2, 0) is 7.05 Å². The van der Waals surface area contributed by atoms with E-state index in [1.807, 2.05) is 54.2 Å². The lowest BCUT2D eigenvalue weighted by atomic mass is 10.2. The van der Waals surface area contributed by atoms with Gasteiger partial charge >= 0.3 is 0 Å². The summed E-state index contributed by atoms with van der Waals surface area (Å²) in [6.45, 7) is 0. The molecule has 24 heavy (non-hydrogen) atoms. The van der Waals surface area contributed by atoms with Gasteiger partial charge in [0.1, 0.15) is 5.82 Å². The van der Waals surface area contributed by atoms with E-state index in [9.17, 15) is 4.79 Å². The number of imidazole rings is 1. The van der Waals surface area contributed by atoms with Crippen molar-refractivity contribution in [2.75, 3.05) is 10.6 Å². The molecule has 4 rings (SSSR count). The Hall–Kier alpha value is -3.48. The van der Waals surface area contributed by atoms with E-state index in [0.29, 0.717) is 5.39 Å². The van der Waals surface area contributed by atoms with Crippen LogP contribution >= 0.6 is 0 Å². The lowest BCUT2D eigenvalue weighted by Crippen LogP contribution is -1.97. The predicted octanol–water partition coefficient (Wildman–Crippen LogP) is 3.08. The first-order chi connectivity index (χ1) is 11.7. The van der Waals surface area contributed by atoms with Gasteiger partial charge in [-0.25, -0.2) is 4.98 Å². The third-order valence-electron chi connectivity index (χ3n) is 3.70. The normalized spacial score (nSPS) is 10.9. The number of H-pyrrole nitrogens is 2. The maximum atomic E-state index is 11.5. The van der Waals surface area contributed by atoms with Crippen LogP contribution in [0.4, 0.5) is 22.9 Å². The summed E-state index contributed by atoms with van der Waals surface area (Å²) in [5.41, 5.74) is 3.43. The van der Waals surface area contributed by atoms with Crippen LogP contribution in [0.3, 0.4) is 0 Å². The molecule has 0 unspecified atom stereocenters. The van der Waals surface area contributed by atoms with Gasteiger partial charge < -0.3 is 15.2 Å². The van der Waals surface area contributed by atoms with Crippen LogP contribution in [0.2, 0.25) is 0 Å². The summed E-state index contributed by atoms with van der Waals surface area (Å²) in [7, 11) is 1.93. The second kappa shape index (κ2) is 5.62. The number of aromatic nitrogens is 4. The van der Waals surface area contributed by atoms with Gasteiger partial charge in [-0.15, -0.1) is 0 Å². The second-order valence-corrected chi connectivity index (χ2v) is 5.59. The lowest BCUT2D eigenvalue weighted by Gasteiger charge is -2.09. The molecular formula is C17H16N6O. The highest BCUT2D eigenvalue weighted by atomic mass is 16.1. The summed E-state index contributed by atoms with van der Waals surface area (Å²) < 4.78 is 1.89. The van der Waals surface area contributed by atoms with Crippen molar-refractivity contribution < 1.29 is 0 Å². The molecular weight excluding hydrogens is 304 g/mol. The molecule has 0 amide bonds. The van der Waals surface area contributed by atoms with Crippen molar-refractivity contribution in [3.63, 3.8) is 0 Å². The Balaban J connectivity index is 1.57. The highest BCUT2D eigenvalue weighted by Gasteiger charge is 2.03. The summed E-state index contributed by atoms with van der Waals surface area (Å²) in [5, 5.41) is 12.7. The first-order valence-corrected chi connectivity index (χ1v) is 7.50. The number of nitrogens with one attached hydrogen (secondary N) is 4. The number of aromatic amines is 2. The van der Waals surface area contributed by atoms with Gasteiger partial charge in [0, 0.05) is 30.3 Å². The quantitative estimate of drug-likeness (QED) is 0.465. The average Bonchev–Trinajstić information content (AvgIpc) is 3.14. The van der Waals surface area contributed by atoms with E-state index in [1.165, 1.54) is 0 Å². The topological polar surface area (TPSA) is 90.5 Å². The van der Waals surface area contributed by atoms with Crippen molar-refractivity contribution in [3.05, 3.63) is 65.3 Å². The predicted molar refractivity (Wildman–Crippen MR) is 95.1 cm³/mol. The molecule has 0 atom stereocenters. The monoisotopic (exact) mass is 320 g/mol. The molecule has 7 nitrogen and oxygen atoms in total. The van der Waals surface area contributed by atoms with Gasteiger partial charge in [-0.1, -0.05) is 6.07 Å². The van der Waals surface area contributed by atoms with Crippen LogP contribution in [0.5, 0.6) is 0 Å². The Bertz CT molecular complexity index is 1060. The minimum Gasteiger partial charge on any atom is -0.355 e. The van der Waals surface area contributed by atoms with Gasteiger partial charge in [0.05, 0.1) is 17.2 Å². The zero-order valence-corrected chi connectivity index (χ0v) is 13.0. The molecule has 0 aliphatic heterocycles. The number of nitrogens with zero attached hydrogens (tertiary/aromatic N) is 2. The first kappa shape index (κ1) is 14.1. The van der Waals surface area contributed by atoms with Gasteiger partial charge in [0.25, 0.3) is 5.56 Å². The maximum Gasteiger partial charge on any atom is 0.271 e. The van der Waals surface area contributed by atoms with Gasteiger partial charge in [0.15, 0.2) is 0 Å². The third kappa shape index (κ3) is 2.74. The fourth-order valence-electron chi connectivity index (χ4n) is 2.58. The molecule has 0 saturated carbocycles. The number of hydrogen-bond acceptors (Lipinski definition) is 4. The molecule has 120 valence electrons. The van der Waals surface area contributed by atoms with E-state index in [-0.39, 0.29) is 5.56 Å². The number of hydrogen-bond donors (Lipinski definition) is 4. The Morgan fingerprint density at radius 1 is 1.00 bits per heavy atom. The first-order valence-electron chi connectivity index (χ1n) is 7.50. The van der Waals surface area contributed by atoms with E-state index >= 15 is 0 Å². The smallest absolute Gasteiger partial charge is 0.271 e. The van der Waals surface area contributed by atoms with Crippen LogP contribution in [0.25, 0.3) is 10.9 Å². The van der Waals surface area contributed by atoms with Crippen LogP contribution in [0.1, 0.15) is 0 Å². The summed E-state index contributed by atoms with van der Waals surface area (Å²) in [5.74, 6) is 0.793. The number of benzene rings is 2. The number of aryl methyl sites for hydroxylation is 1. The SMILES string of the molecule is Cn1cnc(Nc2cccc(Nc3ccc4c(=O)[nH][nH]c4c3)c2)c1. The summed E-state index contributed by atoms with van der Waals surface area (Å²) in [4.78, 5) is 15.8. The van der Waals surface area contributed by atoms with Crippen LogP contribution in [-0.4, -0.2) is 19.7 Å². The molecule has 0 saturated heterocycles. The van der Waals surface area contributed by atoms with Crippen molar-refractivity contribution >= 4 is 33.8 Å². The van der Waals surface area contributed by atoms with Crippen molar-refractivity contribution in [2.24, 2.45) is 7.05 Å². The van der Waals surface area contributed by atoms with Gasteiger partial charge in [0.2, 0.25) is 0 Å². The average molecular weight is 320 g/mol. The number of anilines is 4. The molecule has 7 heteroatoms. The molecule has 0 aliphatic rings. The van der Waals surface area contributed by atoms with Gasteiger partial charge in [-0.3, -0.25) is 15.0 Å². The van der Waals surface area contributed by atoms with E-state index in [4.69, 9.17) is 0 Å². The Kier molecular flexibility index (Phi) is 3.31. The molecule has 0 radical (unpaired) electrons. The fraction of sp³-hybridized carbons (Fsp3) is 0.0588. The largest absolute Gasteiger partial charge is 0.355 e. The highest BCUT2D eigenvalue weighted by Crippen LogP contribution is 2.23. The summed E-state index contributed by atoms with van der Waals surface area (Å²) in [6, 6.07) is 13.5. The lowest BCUT2D eigenvalue weighted by molar-refractivity contribution is 0.913. The van der Waals surface area contributed by atoms with Crippen LogP contribution in [0.15, 0.2) is 59.8 Å². The fourth-order valence-corrected chi connectivity index (χ4v) is 2.58. The summed E-state index contributed by atoms with van der Waals surface area (Å²) in [6.07, 6.45) is 3.66. The summed E-state index contributed by atoms with van der Waals surface area (Å²) >= 11 is 0. The van der Waals surface area contributed by atoms with Crippen molar-refractivity contribution in [1.29, 1.82) is 0 Å². The maximum absolute atomic E-state index is 11.5. The second-order valence-electron chi connectivity index (χ2n) is 5.59. The number of fused-ring (bicyclic) bond motifs is 1. The molecule has 0 aliphatic carbocycles. The van der Waals surface area contributed by atoms with Crippen LogP contribution < -0.4 is 16.2 Å². The van der Waals surface area contributed by atoms with E-state index in [2.05, 4.69) is 25.8 Å². The molecule has 4 aromatic rings. The zero-order chi connectivity index (χ0) is 16.5. The molecule has 0 spiro atoms. The minimum absolute atomic E-state index is 0.113. The standard InChI is InChI=1S/C17H16N6O/c1-23-9-16(18-10-23)20-12-4-2-3-11(7-12)19-13-5-6-14-15(8-13)21-22-17(14)24/h2-10,19-20H,1H3,(H2,21,22,24). The highest BCUT2D eigenvalue weighted by molar-refractivity contribution is 5.82. The van der Waals surface area contributed by atoms with E-state index in [0.717, 1.165) is 28.4 Å². The molecule has 2 heterocycles. The molecule has 4 N–H and O–H groups in total. The Morgan fingerprint density at radius 2 is 1.79 bits per heavy atom. The third-order valence-corrected chi connectivity index (χ3v) is 3.70. The Morgan fingerprint density at radius 3 is 2.58 bits per heavy atom. The zero-order valence-electron chi connectivity index (χ0n) is 13.0. The van der Waals surface area contributed by atoms with Crippen LogP contribution in [0, 0.1) is 0 Å². The van der Waals surface area contributed by atoms with E-state index < -0.39 is 0 Å². The van der Waals surface area contributed by atoms with E-state index in [1.54, 1.807) is 12.4 Å². The minimum atomic E-state index is -0.113. The number of rotatable bonds is 4. The van der Waals surface area contributed by atoms with Crippen molar-refractivity contribution in [3.8, 4) is 0 Å². The van der Waals surface area contributed by atoms with Gasteiger partial charge in [-0.05, 0) is 36.4 Å². The molecule has 0 fully saturated rings. The molecule has 2 aromatic heterocycles. The molecule has 0 bridgehead atoms. The molecule has 2 aromatic carbocycles. The van der Waals surface area contributed by atoms with Gasteiger partial charge in [-0.2, -0.15) is 0 Å². The van der Waals surface area contributed by atoms with Crippen molar-refractivity contribution in [1.82, 2.24) is 19.7 Å². The Labute approximate surface area is 137 Å². The van der Waals surface area contributed by atoms with Crippen molar-refractivity contribution in [2.45, 2.75) is 0 Å².